The normalized spacial score (nSPS) is 15.8. The SMILES string of the molecule is C=CCC1=C(C)C=CCC1.CCC(C)(C)C(C)(C)CC. The average Bonchev–Trinajstić information content (AvgIpc) is 2.42. The van der Waals surface area contributed by atoms with Crippen molar-refractivity contribution < 1.29 is 0 Å². The lowest BCUT2D eigenvalue weighted by atomic mass is 9.65. The van der Waals surface area contributed by atoms with Gasteiger partial charge in [-0.05, 0) is 37.0 Å². The van der Waals surface area contributed by atoms with Crippen molar-refractivity contribution in [3.63, 3.8) is 0 Å². The van der Waals surface area contributed by atoms with Crippen LogP contribution >= 0.6 is 0 Å². The molecule has 0 saturated carbocycles. The second-order valence-electron chi connectivity index (χ2n) is 7.20. The van der Waals surface area contributed by atoms with E-state index >= 15 is 0 Å². The highest BCUT2D eigenvalue weighted by molar-refractivity contribution is 5.28. The van der Waals surface area contributed by atoms with Gasteiger partial charge in [0.1, 0.15) is 0 Å². The van der Waals surface area contributed by atoms with Gasteiger partial charge in [0.25, 0.3) is 0 Å². The van der Waals surface area contributed by atoms with E-state index in [4.69, 9.17) is 0 Å². The summed E-state index contributed by atoms with van der Waals surface area (Å²) in [6.07, 6.45) is 12.5. The molecule has 0 fully saturated rings. The van der Waals surface area contributed by atoms with Gasteiger partial charge in [0.15, 0.2) is 0 Å². The van der Waals surface area contributed by atoms with Gasteiger partial charge in [-0.2, -0.15) is 0 Å². The van der Waals surface area contributed by atoms with Crippen LogP contribution in [-0.4, -0.2) is 0 Å². The van der Waals surface area contributed by atoms with E-state index in [0.29, 0.717) is 10.8 Å². The Morgan fingerprint density at radius 3 is 1.95 bits per heavy atom. The molecule has 1 aliphatic carbocycles. The maximum atomic E-state index is 3.73. The summed E-state index contributed by atoms with van der Waals surface area (Å²) in [5.41, 5.74) is 3.97. The molecule has 1 rings (SSSR count). The summed E-state index contributed by atoms with van der Waals surface area (Å²) in [6, 6.07) is 0. The Labute approximate surface area is 128 Å². The summed E-state index contributed by atoms with van der Waals surface area (Å²) in [5.74, 6) is 0. The molecular weight excluding hydrogens is 240 g/mol. The van der Waals surface area contributed by atoms with Gasteiger partial charge in [-0.15, -0.1) is 6.58 Å². The van der Waals surface area contributed by atoms with Crippen LogP contribution in [0.3, 0.4) is 0 Å². The Bertz CT molecular complexity index is 336. The van der Waals surface area contributed by atoms with Crippen LogP contribution in [0.25, 0.3) is 0 Å². The third-order valence-electron chi connectivity index (χ3n) is 5.53. The van der Waals surface area contributed by atoms with Crippen molar-refractivity contribution >= 4 is 0 Å². The van der Waals surface area contributed by atoms with Gasteiger partial charge >= 0.3 is 0 Å². The first-order valence-corrected chi connectivity index (χ1v) is 8.18. The molecule has 1 aliphatic rings. The molecule has 20 heavy (non-hydrogen) atoms. The molecule has 0 aliphatic heterocycles. The zero-order valence-electron chi connectivity index (χ0n) is 15.0. The first-order chi connectivity index (χ1) is 9.21. The van der Waals surface area contributed by atoms with Crippen molar-refractivity contribution in [2.45, 2.75) is 80.6 Å². The Morgan fingerprint density at radius 2 is 1.60 bits per heavy atom. The highest BCUT2D eigenvalue weighted by Gasteiger charge is 2.33. The van der Waals surface area contributed by atoms with Gasteiger partial charge in [0, 0.05) is 0 Å². The van der Waals surface area contributed by atoms with Crippen LogP contribution in [0.5, 0.6) is 0 Å². The van der Waals surface area contributed by atoms with E-state index in [2.05, 4.69) is 67.2 Å². The second kappa shape index (κ2) is 8.49. The van der Waals surface area contributed by atoms with Gasteiger partial charge < -0.3 is 0 Å². The molecule has 0 saturated heterocycles. The number of hydrogen-bond acceptors (Lipinski definition) is 0. The minimum absolute atomic E-state index is 0.488. The maximum absolute atomic E-state index is 3.73. The largest absolute Gasteiger partial charge is 0.103 e. The maximum Gasteiger partial charge on any atom is -0.0136 e. The van der Waals surface area contributed by atoms with Gasteiger partial charge in [-0.25, -0.2) is 0 Å². The molecule has 0 radical (unpaired) electrons. The summed E-state index contributed by atoms with van der Waals surface area (Å²) in [7, 11) is 0. The van der Waals surface area contributed by atoms with Gasteiger partial charge in [-0.3, -0.25) is 0 Å². The first kappa shape index (κ1) is 19.2. The standard InChI is InChI=1S/C10H14.C10H22/c1-3-6-10-8-5-4-7-9(10)2;1-7-9(3,4)10(5,6)8-2/h3-4,7H,1,5-6,8H2,2H3;7-8H2,1-6H3. The van der Waals surface area contributed by atoms with Gasteiger partial charge in [-0.1, -0.05) is 83.8 Å². The Balaban J connectivity index is 0.000000361. The van der Waals surface area contributed by atoms with Crippen LogP contribution in [0.1, 0.15) is 80.6 Å². The Kier molecular flexibility index (Phi) is 8.16. The molecule has 0 aromatic carbocycles. The van der Waals surface area contributed by atoms with Crippen molar-refractivity contribution in [1.29, 1.82) is 0 Å². The van der Waals surface area contributed by atoms with E-state index in [1.807, 2.05) is 6.08 Å². The van der Waals surface area contributed by atoms with Crippen LogP contribution < -0.4 is 0 Å². The molecule has 0 atom stereocenters. The van der Waals surface area contributed by atoms with Crippen molar-refractivity contribution in [2.75, 3.05) is 0 Å². The second-order valence-corrected chi connectivity index (χ2v) is 7.20. The molecule has 0 heteroatoms. The lowest BCUT2D eigenvalue weighted by molar-refractivity contribution is 0.0998. The summed E-state index contributed by atoms with van der Waals surface area (Å²) in [5, 5.41) is 0. The van der Waals surface area contributed by atoms with Crippen molar-refractivity contribution in [2.24, 2.45) is 10.8 Å². The van der Waals surface area contributed by atoms with Crippen LogP contribution in [0, 0.1) is 10.8 Å². The highest BCUT2D eigenvalue weighted by atomic mass is 14.4. The lowest BCUT2D eigenvalue weighted by Crippen LogP contribution is -2.30. The van der Waals surface area contributed by atoms with E-state index in [1.54, 1.807) is 5.57 Å². The molecule has 0 N–H and O–H groups in total. The van der Waals surface area contributed by atoms with E-state index < -0.39 is 0 Å². The highest BCUT2D eigenvalue weighted by Crippen LogP contribution is 2.43. The van der Waals surface area contributed by atoms with Crippen molar-refractivity contribution in [1.82, 2.24) is 0 Å². The quantitative estimate of drug-likeness (QED) is 0.470. The summed E-state index contributed by atoms with van der Waals surface area (Å²) >= 11 is 0. The zero-order valence-corrected chi connectivity index (χ0v) is 15.0. The monoisotopic (exact) mass is 276 g/mol. The molecule has 0 aromatic rings. The van der Waals surface area contributed by atoms with E-state index in [9.17, 15) is 0 Å². The van der Waals surface area contributed by atoms with Crippen LogP contribution in [0.4, 0.5) is 0 Å². The third-order valence-corrected chi connectivity index (χ3v) is 5.53. The lowest BCUT2D eigenvalue weighted by Gasteiger charge is -2.40. The Hall–Kier alpha value is -0.780. The van der Waals surface area contributed by atoms with Crippen molar-refractivity contribution in [3.8, 4) is 0 Å². The molecular formula is C20H36. The average molecular weight is 277 g/mol. The summed E-state index contributed by atoms with van der Waals surface area (Å²) < 4.78 is 0. The predicted octanol–water partition coefficient (Wildman–Crippen LogP) is 7.09. The molecule has 0 bridgehead atoms. The van der Waals surface area contributed by atoms with E-state index in [0.717, 1.165) is 6.42 Å². The molecule has 0 unspecified atom stereocenters. The topological polar surface area (TPSA) is 0 Å². The van der Waals surface area contributed by atoms with Gasteiger partial charge in [0.05, 0.1) is 0 Å². The fraction of sp³-hybridized carbons (Fsp3) is 0.700. The minimum Gasteiger partial charge on any atom is -0.103 e. The molecule has 0 aromatic heterocycles. The predicted molar refractivity (Wildman–Crippen MR) is 94.0 cm³/mol. The fourth-order valence-corrected chi connectivity index (χ4v) is 2.23. The summed E-state index contributed by atoms with van der Waals surface area (Å²) in [6.45, 7) is 19.9. The smallest absolute Gasteiger partial charge is 0.0136 e. The first-order valence-electron chi connectivity index (χ1n) is 8.18. The van der Waals surface area contributed by atoms with Gasteiger partial charge in [0.2, 0.25) is 0 Å². The number of hydrogen-bond donors (Lipinski definition) is 0. The number of rotatable bonds is 5. The van der Waals surface area contributed by atoms with E-state index in [1.165, 1.54) is 31.3 Å². The fourth-order valence-electron chi connectivity index (χ4n) is 2.23. The van der Waals surface area contributed by atoms with E-state index in [-0.39, 0.29) is 0 Å². The molecule has 0 heterocycles. The van der Waals surface area contributed by atoms with Crippen LogP contribution in [0.15, 0.2) is 36.0 Å². The minimum atomic E-state index is 0.488. The van der Waals surface area contributed by atoms with Crippen LogP contribution in [0.2, 0.25) is 0 Å². The number of allylic oxidation sites excluding steroid dienone is 5. The van der Waals surface area contributed by atoms with Crippen molar-refractivity contribution in [3.05, 3.63) is 36.0 Å². The summed E-state index contributed by atoms with van der Waals surface area (Å²) in [4.78, 5) is 0. The molecule has 0 spiro atoms. The van der Waals surface area contributed by atoms with Crippen LogP contribution in [-0.2, 0) is 0 Å². The Morgan fingerprint density at radius 1 is 1.10 bits per heavy atom. The zero-order chi connectivity index (χ0) is 15.8. The molecule has 0 nitrogen and oxygen atoms in total. The third kappa shape index (κ3) is 5.69. The molecule has 0 amide bonds. The molecule has 116 valence electrons.